The van der Waals surface area contributed by atoms with Gasteiger partial charge in [-0.1, -0.05) is 0 Å². The van der Waals surface area contributed by atoms with E-state index in [1.54, 1.807) is 13.8 Å². The lowest BCUT2D eigenvalue weighted by Crippen LogP contribution is -2.56. The van der Waals surface area contributed by atoms with E-state index in [1.165, 1.54) is 0 Å². The molecule has 0 aliphatic carbocycles. The largest absolute Gasteiger partial charge is 0.464 e. The topological polar surface area (TPSA) is 114 Å². The van der Waals surface area contributed by atoms with Crippen LogP contribution in [-0.4, -0.2) is 60.9 Å². The van der Waals surface area contributed by atoms with E-state index in [0.717, 1.165) is 6.42 Å². The summed E-state index contributed by atoms with van der Waals surface area (Å²) in [7, 11) is 0. The van der Waals surface area contributed by atoms with Gasteiger partial charge in [0.25, 0.3) is 0 Å². The van der Waals surface area contributed by atoms with Crippen molar-refractivity contribution in [2.24, 2.45) is 0 Å². The van der Waals surface area contributed by atoms with Gasteiger partial charge in [0.15, 0.2) is 12.1 Å². The highest BCUT2D eigenvalue weighted by Gasteiger charge is 2.37. The van der Waals surface area contributed by atoms with E-state index >= 15 is 0 Å². The molecular formula is C13H22N2O6. The van der Waals surface area contributed by atoms with E-state index in [-0.39, 0.29) is 13.2 Å². The Balaban J connectivity index is 2.73. The van der Waals surface area contributed by atoms with Crippen molar-refractivity contribution in [3.8, 4) is 0 Å². The zero-order valence-corrected chi connectivity index (χ0v) is 12.3. The molecule has 0 bridgehead atoms. The first-order valence-corrected chi connectivity index (χ1v) is 7.06. The molecule has 0 aromatic rings. The molecule has 3 atom stereocenters. The summed E-state index contributed by atoms with van der Waals surface area (Å²) in [5, 5.41) is 15.2. The van der Waals surface area contributed by atoms with Crippen LogP contribution in [0.4, 0.5) is 0 Å². The van der Waals surface area contributed by atoms with E-state index < -0.39 is 36.0 Å². The maximum Gasteiger partial charge on any atom is 0.337 e. The smallest absolute Gasteiger partial charge is 0.337 e. The van der Waals surface area contributed by atoms with E-state index in [4.69, 9.17) is 4.74 Å². The second kappa shape index (κ2) is 8.58. The van der Waals surface area contributed by atoms with Crippen molar-refractivity contribution < 1.29 is 29.0 Å². The van der Waals surface area contributed by atoms with Crippen LogP contribution < -0.4 is 10.6 Å². The minimum atomic E-state index is -1.80. The van der Waals surface area contributed by atoms with Gasteiger partial charge in [0.1, 0.15) is 0 Å². The molecule has 1 heterocycles. The molecule has 1 fully saturated rings. The van der Waals surface area contributed by atoms with Gasteiger partial charge in [-0.05, 0) is 33.2 Å². The average molecular weight is 302 g/mol. The molecule has 1 aliphatic rings. The fourth-order valence-corrected chi connectivity index (χ4v) is 2.02. The summed E-state index contributed by atoms with van der Waals surface area (Å²) < 4.78 is 9.43. The monoisotopic (exact) mass is 302 g/mol. The van der Waals surface area contributed by atoms with Gasteiger partial charge in [0, 0.05) is 0 Å². The number of aliphatic hydroxyl groups excluding tert-OH is 1. The number of hydrogen-bond acceptors (Lipinski definition) is 7. The molecule has 120 valence electrons. The molecule has 1 aliphatic heterocycles. The molecular weight excluding hydrogens is 280 g/mol. The van der Waals surface area contributed by atoms with Crippen molar-refractivity contribution >= 4 is 17.8 Å². The minimum absolute atomic E-state index is 0.0591. The Bertz CT molecular complexity index is 381. The predicted octanol–water partition coefficient (Wildman–Crippen LogP) is -1.29. The van der Waals surface area contributed by atoms with Crippen LogP contribution in [0.1, 0.15) is 26.7 Å². The number of carbonyl (C=O) groups excluding carboxylic acids is 3. The van der Waals surface area contributed by atoms with E-state index in [2.05, 4.69) is 15.4 Å². The number of amides is 1. The molecule has 0 spiro atoms. The second-order valence-electron chi connectivity index (χ2n) is 4.58. The van der Waals surface area contributed by atoms with Gasteiger partial charge in [-0.3, -0.25) is 4.79 Å². The van der Waals surface area contributed by atoms with Gasteiger partial charge in [-0.2, -0.15) is 0 Å². The van der Waals surface area contributed by atoms with Crippen molar-refractivity contribution in [1.82, 2.24) is 10.6 Å². The number of carbonyl (C=O) groups is 3. The van der Waals surface area contributed by atoms with Crippen LogP contribution in [0.2, 0.25) is 0 Å². The Labute approximate surface area is 123 Å². The second-order valence-corrected chi connectivity index (χ2v) is 4.58. The highest BCUT2D eigenvalue weighted by molar-refractivity contribution is 5.92. The third-order valence-corrected chi connectivity index (χ3v) is 3.06. The third-order valence-electron chi connectivity index (χ3n) is 3.06. The summed E-state index contributed by atoms with van der Waals surface area (Å²) in [5.74, 6) is -2.30. The van der Waals surface area contributed by atoms with Crippen molar-refractivity contribution in [2.45, 2.75) is 44.9 Å². The number of ether oxygens (including phenoxy) is 2. The Morgan fingerprint density at radius 2 is 1.86 bits per heavy atom. The van der Waals surface area contributed by atoms with E-state index in [9.17, 15) is 19.5 Å². The number of hydrogen-bond donors (Lipinski definition) is 3. The Morgan fingerprint density at radius 3 is 2.38 bits per heavy atom. The maximum absolute atomic E-state index is 12.0. The molecule has 21 heavy (non-hydrogen) atoms. The molecule has 0 radical (unpaired) electrons. The summed E-state index contributed by atoms with van der Waals surface area (Å²) in [6, 6.07) is -1.91. The summed E-state index contributed by atoms with van der Waals surface area (Å²) in [6.07, 6.45) is -0.311. The Kier molecular flexibility index (Phi) is 7.10. The Morgan fingerprint density at radius 1 is 1.24 bits per heavy atom. The van der Waals surface area contributed by atoms with Crippen LogP contribution in [0, 0.1) is 0 Å². The van der Waals surface area contributed by atoms with Crippen LogP contribution in [-0.2, 0) is 23.9 Å². The van der Waals surface area contributed by atoms with Gasteiger partial charge in [0.05, 0.1) is 19.3 Å². The number of rotatable bonds is 7. The first kappa shape index (κ1) is 17.4. The van der Waals surface area contributed by atoms with E-state index in [0.29, 0.717) is 13.0 Å². The molecule has 0 unspecified atom stereocenters. The highest BCUT2D eigenvalue weighted by Crippen LogP contribution is 2.07. The lowest BCUT2D eigenvalue weighted by Gasteiger charge is -2.22. The quantitative estimate of drug-likeness (QED) is 0.501. The average Bonchev–Trinajstić information content (AvgIpc) is 2.98. The maximum atomic E-state index is 12.0. The highest BCUT2D eigenvalue weighted by atomic mass is 16.6. The third kappa shape index (κ3) is 4.98. The number of nitrogens with one attached hydrogen (secondary N) is 2. The van der Waals surface area contributed by atoms with Crippen molar-refractivity contribution in [3.05, 3.63) is 0 Å². The van der Waals surface area contributed by atoms with Crippen molar-refractivity contribution in [2.75, 3.05) is 19.8 Å². The number of esters is 2. The van der Waals surface area contributed by atoms with Crippen LogP contribution in [0.15, 0.2) is 0 Å². The zero-order chi connectivity index (χ0) is 15.8. The van der Waals surface area contributed by atoms with Crippen molar-refractivity contribution in [3.63, 3.8) is 0 Å². The van der Waals surface area contributed by atoms with Crippen molar-refractivity contribution in [1.29, 1.82) is 0 Å². The molecule has 8 heteroatoms. The lowest BCUT2D eigenvalue weighted by atomic mass is 10.1. The molecule has 1 saturated heterocycles. The fourth-order valence-electron chi connectivity index (χ4n) is 2.02. The minimum Gasteiger partial charge on any atom is -0.464 e. The predicted molar refractivity (Wildman–Crippen MR) is 72.2 cm³/mol. The van der Waals surface area contributed by atoms with Gasteiger partial charge >= 0.3 is 11.9 Å². The summed E-state index contributed by atoms with van der Waals surface area (Å²) in [6.45, 7) is 4.01. The fraction of sp³-hybridized carbons (Fsp3) is 0.769. The van der Waals surface area contributed by atoms with Gasteiger partial charge < -0.3 is 25.2 Å². The number of aliphatic hydroxyl groups is 1. The SMILES string of the molecule is CCOC(=O)[C@@H](O)[C@H](NC(=O)[C@@H]1CCCN1)C(=O)OCC. The standard InChI is InChI=1S/C13H22N2O6/c1-3-20-12(18)9(10(16)13(19)21-4-2)15-11(17)8-6-5-7-14-8/h8-10,14,16H,3-7H2,1-2H3,(H,15,17)/t8-,9-,10-/m0/s1. The molecule has 8 nitrogen and oxygen atoms in total. The molecule has 0 saturated carbocycles. The van der Waals surface area contributed by atoms with E-state index in [1.807, 2.05) is 0 Å². The van der Waals surface area contributed by atoms with Crippen LogP contribution in [0.3, 0.4) is 0 Å². The summed E-state index contributed by atoms with van der Waals surface area (Å²) in [4.78, 5) is 35.4. The molecule has 3 N–H and O–H groups in total. The van der Waals surface area contributed by atoms with Crippen LogP contribution in [0.5, 0.6) is 0 Å². The first-order chi connectivity index (χ1) is 10.0. The van der Waals surface area contributed by atoms with Gasteiger partial charge in [0.2, 0.25) is 5.91 Å². The molecule has 0 aromatic carbocycles. The molecule has 0 aromatic heterocycles. The summed E-state index contributed by atoms with van der Waals surface area (Å²) >= 11 is 0. The van der Waals surface area contributed by atoms with Gasteiger partial charge in [-0.15, -0.1) is 0 Å². The molecule has 1 rings (SSSR count). The molecule has 1 amide bonds. The normalized spacial score (nSPS) is 20.4. The van der Waals surface area contributed by atoms with Crippen LogP contribution in [0.25, 0.3) is 0 Å². The van der Waals surface area contributed by atoms with Gasteiger partial charge in [-0.25, -0.2) is 9.59 Å². The summed E-state index contributed by atoms with van der Waals surface area (Å²) in [5.41, 5.74) is 0. The lowest BCUT2D eigenvalue weighted by molar-refractivity contribution is -0.163. The Hall–Kier alpha value is -1.67. The van der Waals surface area contributed by atoms with Crippen LogP contribution >= 0.6 is 0 Å². The zero-order valence-electron chi connectivity index (χ0n) is 12.3. The first-order valence-electron chi connectivity index (χ1n) is 7.06.